The van der Waals surface area contributed by atoms with Crippen LogP contribution in [0.5, 0.6) is 0 Å². The van der Waals surface area contributed by atoms with Crippen LogP contribution in [-0.2, 0) is 11.3 Å². The minimum absolute atomic E-state index is 0.0835. The van der Waals surface area contributed by atoms with Crippen molar-refractivity contribution in [2.75, 3.05) is 11.1 Å². The first-order valence-corrected chi connectivity index (χ1v) is 10.6. The minimum Gasteiger partial charge on any atom is -0.324 e. The molecular weight excluding hydrogens is 417 g/mol. The Morgan fingerprint density at radius 3 is 2.75 bits per heavy atom. The molecule has 0 saturated carbocycles. The fourth-order valence-electron chi connectivity index (χ4n) is 2.69. The maximum atomic E-state index is 12.8. The molecule has 8 heteroatoms. The van der Waals surface area contributed by atoms with Crippen LogP contribution in [0.4, 0.5) is 5.69 Å². The summed E-state index contributed by atoms with van der Waals surface area (Å²) in [5.41, 5.74) is 0.996. The summed E-state index contributed by atoms with van der Waals surface area (Å²) < 4.78 is 1.65. The number of aromatic nitrogens is 2. The first-order chi connectivity index (χ1) is 13.5. The summed E-state index contributed by atoms with van der Waals surface area (Å²) >= 11 is 13.3. The number of nitrogens with zero attached hydrogens (tertiary/aromatic N) is 2. The molecule has 0 unspecified atom stereocenters. The third-order valence-corrected chi connectivity index (χ3v) is 5.92. The summed E-state index contributed by atoms with van der Waals surface area (Å²) in [6, 6.07) is 12.3. The molecule has 3 aromatic rings. The number of carbonyl (C=O) groups is 1. The molecule has 1 amide bonds. The molecule has 0 atom stereocenters. The second-order valence-corrected chi connectivity index (χ2v) is 7.89. The van der Waals surface area contributed by atoms with Gasteiger partial charge >= 0.3 is 0 Å². The molecule has 0 fully saturated rings. The smallest absolute Gasteiger partial charge is 0.262 e. The highest BCUT2D eigenvalue weighted by Gasteiger charge is 2.14. The number of benzene rings is 2. The van der Waals surface area contributed by atoms with Crippen LogP contribution in [0.25, 0.3) is 10.9 Å². The van der Waals surface area contributed by atoms with E-state index in [9.17, 15) is 9.59 Å². The third kappa shape index (κ3) is 4.69. The molecule has 1 aromatic heterocycles. The third-order valence-electron chi connectivity index (χ3n) is 4.12. The molecule has 0 spiro atoms. The van der Waals surface area contributed by atoms with Gasteiger partial charge in [0.1, 0.15) is 0 Å². The molecule has 28 heavy (non-hydrogen) atoms. The van der Waals surface area contributed by atoms with E-state index in [1.165, 1.54) is 11.8 Å². The van der Waals surface area contributed by atoms with Crippen LogP contribution >= 0.6 is 35.0 Å². The number of thioether (sulfide) groups is 1. The van der Waals surface area contributed by atoms with Crippen molar-refractivity contribution in [2.45, 2.75) is 31.5 Å². The molecule has 3 rings (SSSR count). The zero-order chi connectivity index (χ0) is 20.1. The lowest BCUT2D eigenvalue weighted by molar-refractivity contribution is -0.113. The van der Waals surface area contributed by atoms with Gasteiger partial charge < -0.3 is 5.32 Å². The fourth-order valence-corrected chi connectivity index (χ4v) is 3.86. The summed E-state index contributed by atoms with van der Waals surface area (Å²) in [7, 11) is 0. The lowest BCUT2D eigenvalue weighted by Crippen LogP contribution is -2.24. The molecule has 0 radical (unpaired) electrons. The van der Waals surface area contributed by atoms with Crippen LogP contribution in [0.1, 0.15) is 19.8 Å². The Hall–Kier alpha value is -2.02. The second-order valence-electron chi connectivity index (χ2n) is 6.16. The Balaban J connectivity index is 1.81. The Bertz CT molecular complexity index is 1070. The number of rotatable bonds is 7. The van der Waals surface area contributed by atoms with E-state index in [0.29, 0.717) is 38.3 Å². The topological polar surface area (TPSA) is 64.0 Å². The van der Waals surface area contributed by atoms with Crippen molar-refractivity contribution in [3.8, 4) is 0 Å². The standard InChI is InChI=1S/C20H19Cl2N3O2S/c1-2-3-11-25-19(27)13-7-4-5-9-15(13)24-20(25)28-12-17(26)23-16-10-6-8-14(21)18(16)22/h4-10H,2-3,11-12H2,1H3,(H,23,26). The number of unbranched alkanes of at least 4 members (excludes halogenated alkanes) is 1. The summed E-state index contributed by atoms with van der Waals surface area (Å²) in [6.07, 6.45) is 1.81. The predicted octanol–water partition coefficient (Wildman–Crippen LogP) is 5.23. The van der Waals surface area contributed by atoms with Gasteiger partial charge in [-0.25, -0.2) is 4.98 Å². The van der Waals surface area contributed by atoms with Crippen molar-refractivity contribution in [3.63, 3.8) is 0 Å². The van der Waals surface area contributed by atoms with E-state index in [1.807, 2.05) is 12.1 Å². The SMILES string of the molecule is CCCCn1c(SCC(=O)Nc2cccc(Cl)c2Cl)nc2ccccc2c1=O. The van der Waals surface area contributed by atoms with Gasteiger partial charge in [-0.15, -0.1) is 0 Å². The maximum Gasteiger partial charge on any atom is 0.262 e. The largest absolute Gasteiger partial charge is 0.324 e. The first-order valence-electron chi connectivity index (χ1n) is 8.87. The highest BCUT2D eigenvalue weighted by molar-refractivity contribution is 7.99. The number of anilines is 1. The molecule has 0 saturated heterocycles. The Morgan fingerprint density at radius 2 is 1.96 bits per heavy atom. The number of nitrogens with one attached hydrogen (secondary N) is 1. The van der Waals surface area contributed by atoms with Crippen LogP contribution in [0.3, 0.4) is 0 Å². The number of halogens is 2. The Morgan fingerprint density at radius 1 is 1.18 bits per heavy atom. The molecule has 0 bridgehead atoms. The average Bonchev–Trinajstić information content (AvgIpc) is 2.69. The van der Waals surface area contributed by atoms with E-state index in [1.54, 1.807) is 34.9 Å². The highest BCUT2D eigenvalue weighted by atomic mass is 35.5. The van der Waals surface area contributed by atoms with Gasteiger partial charge in [-0.05, 0) is 30.7 Å². The minimum atomic E-state index is -0.251. The molecule has 0 aliphatic carbocycles. The molecule has 146 valence electrons. The summed E-state index contributed by atoms with van der Waals surface area (Å²) in [4.78, 5) is 29.8. The number of carbonyl (C=O) groups excluding carboxylic acids is 1. The second kappa shape index (κ2) is 9.45. The van der Waals surface area contributed by atoms with Crippen LogP contribution in [-0.4, -0.2) is 21.2 Å². The quantitative estimate of drug-likeness (QED) is 0.407. The lowest BCUT2D eigenvalue weighted by Gasteiger charge is -2.13. The summed E-state index contributed by atoms with van der Waals surface area (Å²) in [6.45, 7) is 2.63. The first kappa shape index (κ1) is 20.7. The number of hydrogen-bond donors (Lipinski definition) is 1. The number of amides is 1. The highest BCUT2D eigenvalue weighted by Crippen LogP contribution is 2.29. The maximum absolute atomic E-state index is 12.8. The van der Waals surface area contributed by atoms with Gasteiger partial charge in [0.25, 0.3) is 5.56 Å². The van der Waals surface area contributed by atoms with Crippen molar-refractivity contribution in [2.24, 2.45) is 0 Å². The number of fused-ring (bicyclic) bond motifs is 1. The summed E-state index contributed by atoms with van der Waals surface area (Å²) in [5.74, 6) is -0.154. The number of para-hydroxylation sites is 1. The van der Waals surface area contributed by atoms with E-state index in [2.05, 4.69) is 17.2 Å². The van der Waals surface area contributed by atoms with Crippen molar-refractivity contribution >= 4 is 57.5 Å². The fraction of sp³-hybridized carbons (Fsp3) is 0.250. The van der Waals surface area contributed by atoms with Gasteiger partial charge in [0.15, 0.2) is 5.16 Å². The summed E-state index contributed by atoms with van der Waals surface area (Å²) in [5, 5.41) is 4.53. The van der Waals surface area contributed by atoms with Crippen molar-refractivity contribution in [1.29, 1.82) is 0 Å². The van der Waals surface area contributed by atoms with Crippen molar-refractivity contribution in [1.82, 2.24) is 9.55 Å². The van der Waals surface area contributed by atoms with Crippen molar-refractivity contribution < 1.29 is 4.79 Å². The molecule has 0 aliphatic rings. The Labute approximate surface area is 177 Å². The molecule has 0 aliphatic heterocycles. The van der Waals surface area contributed by atoms with Crippen molar-refractivity contribution in [3.05, 3.63) is 62.9 Å². The van der Waals surface area contributed by atoms with Gasteiger partial charge in [0.05, 0.1) is 32.4 Å². The predicted molar refractivity (Wildman–Crippen MR) is 117 cm³/mol. The number of hydrogen-bond acceptors (Lipinski definition) is 4. The van der Waals surface area contributed by atoms with Gasteiger partial charge in [-0.3, -0.25) is 14.2 Å². The van der Waals surface area contributed by atoms with Crippen LogP contribution < -0.4 is 10.9 Å². The molecule has 1 N–H and O–H groups in total. The van der Waals surface area contributed by atoms with Gasteiger partial charge in [-0.2, -0.15) is 0 Å². The molecular formula is C20H19Cl2N3O2S. The molecule has 5 nitrogen and oxygen atoms in total. The monoisotopic (exact) mass is 435 g/mol. The van der Waals surface area contributed by atoms with Gasteiger partial charge in [-0.1, -0.05) is 66.5 Å². The molecule has 1 heterocycles. The van der Waals surface area contributed by atoms with E-state index in [0.717, 1.165) is 12.8 Å². The van der Waals surface area contributed by atoms with Crippen LogP contribution in [0.2, 0.25) is 10.0 Å². The zero-order valence-electron chi connectivity index (χ0n) is 15.2. The zero-order valence-corrected chi connectivity index (χ0v) is 17.6. The normalized spacial score (nSPS) is 11.0. The van der Waals surface area contributed by atoms with E-state index >= 15 is 0 Å². The van der Waals surface area contributed by atoms with Gasteiger partial charge in [0, 0.05) is 6.54 Å². The molecule has 2 aromatic carbocycles. The van der Waals surface area contributed by atoms with Gasteiger partial charge in [0.2, 0.25) is 5.91 Å². The van der Waals surface area contributed by atoms with Crippen LogP contribution in [0, 0.1) is 0 Å². The van der Waals surface area contributed by atoms with E-state index in [4.69, 9.17) is 23.2 Å². The van der Waals surface area contributed by atoms with Crippen LogP contribution in [0.15, 0.2) is 52.4 Å². The lowest BCUT2D eigenvalue weighted by atomic mass is 10.2. The van der Waals surface area contributed by atoms with E-state index in [-0.39, 0.29) is 17.2 Å². The Kier molecular flexibility index (Phi) is 6.99. The average molecular weight is 436 g/mol. The van der Waals surface area contributed by atoms with E-state index < -0.39 is 0 Å².